The fourth-order valence-electron chi connectivity index (χ4n) is 3.79. The standard InChI is InChI=1S/C17H20N6S/c1-11-5-6-15-19-20-16(23(15)21-11)12-7-9-22(10-8-12)17-18-13-3-2-4-14(13)24-17/h5-6,12H,2-4,7-10H2,1H3. The zero-order chi connectivity index (χ0) is 16.1. The minimum atomic E-state index is 0.428. The number of anilines is 1. The van der Waals surface area contributed by atoms with E-state index in [9.17, 15) is 0 Å². The number of nitrogens with zero attached hydrogens (tertiary/aromatic N) is 6. The van der Waals surface area contributed by atoms with Crippen LogP contribution in [-0.4, -0.2) is 37.9 Å². The molecule has 1 fully saturated rings. The predicted octanol–water partition coefficient (Wildman–Crippen LogP) is 2.76. The first-order valence-corrected chi connectivity index (χ1v) is 9.52. The highest BCUT2D eigenvalue weighted by atomic mass is 32.1. The number of hydrogen-bond acceptors (Lipinski definition) is 6. The molecule has 0 saturated carbocycles. The zero-order valence-corrected chi connectivity index (χ0v) is 14.6. The maximum absolute atomic E-state index is 4.86. The predicted molar refractivity (Wildman–Crippen MR) is 93.8 cm³/mol. The van der Waals surface area contributed by atoms with Crippen molar-refractivity contribution in [1.82, 2.24) is 24.8 Å². The molecule has 1 saturated heterocycles. The number of piperidine rings is 1. The van der Waals surface area contributed by atoms with Crippen molar-refractivity contribution >= 4 is 22.1 Å². The van der Waals surface area contributed by atoms with Crippen molar-refractivity contribution in [3.05, 3.63) is 34.2 Å². The minimum Gasteiger partial charge on any atom is -0.348 e. The Labute approximate surface area is 144 Å². The van der Waals surface area contributed by atoms with E-state index in [1.54, 1.807) is 0 Å². The van der Waals surface area contributed by atoms with Crippen LogP contribution in [0.3, 0.4) is 0 Å². The molecule has 6 nitrogen and oxygen atoms in total. The first-order chi connectivity index (χ1) is 11.8. The Morgan fingerprint density at radius 2 is 2.00 bits per heavy atom. The Morgan fingerprint density at radius 3 is 2.83 bits per heavy atom. The van der Waals surface area contributed by atoms with E-state index < -0.39 is 0 Å². The Hall–Kier alpha value is -2.02. The van der Waals surface area contributed by atoms with Crippen molar-refractivity contribution in [2.75, 3.05) is 18.0 Å². The summed E-state index contributed by atoms with van der Waals surface area (Å²) in [5, 5.41) is 14.5. The van der Waals surface area contributed by atoms with Gasteiger partial charge in [-0.05, 0) is 51.2 Å². The summed E-state index contributed by atoms with van der Waals surface area (Å²) < 4.78 is 1.92. The number of rotatable bonds is 2. The summed E-state index contributed by atoms with van der Waals surface area (Å²) in [5.41, 5.74) is 3.19. The lowest BCUT2D eigenvalue weighted by molar-refractivity contribution is 0.476. The van der Waals surface area contributed by atoms with Crippen LogP contribution < -0.4 is 4.90 Å². The van der Waals surface area contributed by atoms with Crippen molar-refractivity contribution < 1.29 is 0 Å². The van der Waals surface area contributed by atoms with Gasteiger partial charge in [-0.15, -0.1) is 21.5 Å². The van der Waals surface area contributed by atoms with Gasteiger partial charge in [0.15, 0.2) is 16.6 Å². The lowest BCUT2D eigenvalue weighted by Gasteiger charge is -2.30. The molecule has 24 heavy (non-hydrogen) atoms. The van der Waals surface area contributed by atoms with Gasteiger partial charge in [0.25, 0.3) is 0 Å². The maximum Gasteiger partial charge on any atom is 0.185 e. The zero-order valence-electron chi connectivity index (χ0n) is 13.8. The van der Waals surface area contributed by atoms with Gasteiger partial charge < -0.3 is 4.90 Å². The van der Waals surface area contributed by atoms with Gasteiger partial charge in [-0.1, -0.05) is 0 Å². The van der Waals surface area contributed by atoms with Crippen LogP contribution in [0.5, 0.6) is 0 Å². The summed E-state index contributed by atoms with van der Waals surface area (Å²) in [6.45, 7) is 4.09. The van der Waals surface area contributed by atoms with E-state index >= 15 is 0 Å². The quantitative estimate of drug-likeness (QED) is 0.718. The van der Waals surface area contributed by atoms with Crippen LogP contribution in [0, 0.1) is 6.92 Å². The van der Waals surface area contributed by atoms with Crippen LogP contribution in [0.25, 0.3) is 5.65 Å². The molecule has 1 aliphatic carbocycles. The van der Waals surface area contributed by atoms with Crippen LogP contribution in [0.1, 0.15) is 47.3 Å². The minimum absolute atomic E-state index is 0.428. The molecule has 5 rings (SSSR count). The molecular formula is C17H20N6S. The van der Waals surface area contributed by atoms with Crippen molar-refractivity contribution in [3.8, 4) is 0 Å². The van der Waals surface area contributed by atoms with Gasteiger partial charge in [0.1, 0.15) is 0 Å². The van der Waals surface area contributed by atoms with Crippen LogP contribution in [0.4, 0.5) is 5.13 Å². The first-order valence-electron chi connectivity index (χ1n) is 8.70. The van der Waals surface area contributed by atoms with Crippen LogP contribution >= 0.6 is 11.3 Å². The van der Waals surface area contributed by atoms with Gasteiger partial charge in [-0.3, -0.25) is 0 Å². The van der Waals surface area contributed by atoms with Gasteiger partial charge in [0, 0.05) is 23.9 Å². The Balaban J connectivity index is 1.34. The fraction of sp³-hybridized carbons (Fsp3) is 0.529. The molecule has 0 unspecified atom stereocenters. The summed E-state index contributed by atoms with van der Waals surface area (Å²) in [5.74, 6) is 1.44. The Bertz CT molecular complexity index is 868. The van der Waals surface area contributed by atoms with E-state index in [0.717, 1.165) is 43.1 Å². The molecule has 0 spiro atoms. The molecular weight excluding hydrogens is 320 g/mol. The van der Waals surface area contributed by atoms with Gasteiger partial charge in [-0.25, -0.2) is 4.98 Å². The third kappa shape index (κ3) is 2.30. The second-order valence-corrected chi connectivity index (χ2v) is 7.85. The molecule has 7 heteroatoms. The normalized spacial score (nSPS) is 18.5. The van der Waals surface area contributed by atoms with Gasteiger partial charge in [0.2, 0.25) is 0 Å². The highest BCUT2D eigenvalue weighted by Crippen LogP contribution is 2.35. The second-order valence-electron chi connectivity index (χ2n) is 6.78. The van der Waals surface area contributed by atoms with Crippen molar-refractivity contribution in [1.29, 1.82) is 0 Å². The molecule has 124 valence electrons. The van der Waals surface area contributed by atoms with E-state index in [4.69, 9.17) is 4.98 Å². The molecule has 0 bridgehead atoms. The topological polar surface area (TPSA) is 59.2 Å². The lowest BCUT2D eigenvalue weighted by atomic mass is 9.96. The lowest BCUT2D eigenvalue weighted by Crippen LogP contribution is -2.33. The van der Waals surface area contributed by atoms with Crippen molar-refractivity contribution in [2.45, 2.75) is 44.9 Å². The van der Waals surface area contributed by atoms with Gasteiger partial charge >= 0.3 is 0 Å². The van der Waals surface area contributed by atoms with Crippen molar-refractivity contribution in [2.24, 2.45) is 0 Å². The second kappa shape index (κ2) is 5.51. The molecule has 0 amide bonds. The molecule has 0 atom stereocenters. The number of thiazole rings is 1. The van der Waals surface area contributed by atoms with Gasteiger partial charge in [-0.2, -0.15) is 9.61 Å². The summed E-state index contributed by atoms with van der Waals surface area (Å²) in [6.07, 6.45) is 5.84. The Morgan fingerprint density at radius 1 is 1.12 bits per heavy atom. The number of fused-ring (bicyclic) bond motifs is 2. The number of aryl methyl sites for hydroxylation is 3. The monoisotopic (exact) mass is 340 g/mol. The summed E-state index contributed by atoms with van der Waals surface area (Å²) in [4.78, 5) is 8.82. The molecule has 1 aliphatic heterocycles. The largest absolute Gasteiger partial charge is 0.348 e. The number of hydrogen-bond donors (Lipinski definition) is 0. The van der Waals surface area contributed by atoms with Crippen LogP contribution in [-0.2, 0) is 12.8 Å². The van der Waals surface area contributed by atoms with Crippen LogP contribution in [0.2, 0.25) is 0 Å². The molecule has 4 heterocycles. The van der Waals surface area contributed by atoms with E-state index in [2.05, 4.69) is 20.2 Å². The molecule has 0 aromatic carbocycles. The summed E-state index contributed by atoms with van der Waals surface area (Å²) in [6, 6.07) is 3.98. The van der Waals surface area contributed by atoms with Crippen LogP contribution in [0.15, 0.2) is 12.1 Å². The number of aromatic nitrogens is 5. The van der Waals surface area contributed by atoms with E-state index in [0.29, 0.717) is 5.92 Å². The SMILES string of the molecule is Cc1ccc2nnc(C3CCN(c4nc5c(s4)CCC5)CC3)n2n1. The summed E-state index contributed by atoms with van der Waals surface area (Å²) in [7, 11) is 0. The molecule has 3 aromatic heterocycles. The molecule has 0 radical (unpaired) electrons. The highest BCUT2D eigenvalue weighted by Gasteiger charge is 2.27. The van der Waals surface area contributed by atoms with E-state index in [-0.39, 0.29) is 0 Å². The molecule has 2 aliphatic rings. The third-order valence-electron chi connectivity index (χ3n) is 5.14. The fourth-order valence-corrected chi connectivity index (χ4v) is 4.99. The first kappa shape index (κ1) is 14.3. The third-order valence-corrected chi connectivity index (χ3v) is 6.35. The smallest absolute Gasteiger partial charge is 0.185 e. The molecule has 0 N–H and O–H groups in total. The van der Waals surface area contributed by atoms with E-state index in [1.807, 2.05) is 34.9 Å². The molecule has 3 aromatic rings. The average molecular weight is 340 g/mol. The van der Waals surface area contributed by atoms with E-state index in [1.165, 1.54) is 35.0 Å². The maximum atomic E-state index is 4.86. The van der Waals surface area contributed by atoms with Gasteiger partial charge in [0.05, 0.1) is 11.4 Å². The Kier molecular flexibility index (Phi) is 3.29. The van der Waals surface area contributed by atoms with Crippen molar-refractivity contribution in [3.63, 3.8) is 0 Å². The average Bonchev–Trinajstić information content (AvgIpc) is 3.28. The highest BCUT2D eigenvalue weighted by molar-refractivity contribution is 7.15. The summed E-state index contributed by atoms with van der Waals surface area (Å²) >= 11 is 1.90.